The zero-order valence-corrected chi connectivity index (χ0v) is 11.0. The predicted molar refractivity (Wildman–Crippen MR) is 69.7 cm³/mol. The van der Waals surface area contributed by atoms with Gasteiger partial charge >= 0.3 is 0 Å². The number of rotatable bonds is 7. The van der Waals surface area contributed by atoms with Crippen LogP contribution in [0.5, 0.6) is 0 Å². The van der Waals surface area contributed by atoms with Gasteiger partial charge in [-0.1, -0.05) is 26.7 Å². The van der Waals surface area contributed by atoms with Crippen molar-refractivity contribution in [2.24, 2.45) is 5.92 Å². The number of hydrogen-bond acceptors (Lipinski definition) is 2. The average molecular weight is 224 g/mol. The summed E-state index contributed by atoms with van der Waals surface area (Å²) >= 11 is 0. The van der Waals surface area contributed by atoms with E-state index in [1.807, 2.05) is 0 Å². The standard InChI is InChI=1S/C14H28N2/c1-3-6-12-10-13(12)15-11-14(7-4-2)8-5-9-16-14/h12-13,15-16H,3-11H2,1-2H3. The number of hydrogen-bond donors (Lipinski definition) is 2. The van der Waals surface area contributed by atoms with Crippen LogP contribution in [0.25, 0.3) is 0 Å². The van der Waals surface area contributed by atoms with Crippen LogP contribution in [0.1, 0.15) is 58.8 Å². The van der Waals surface area contributed by atoms with E-state index in [1.165, 1.54) is 58.0 Å². The van der Waals surface area contributed by atoms with Crippen molar-refractivity contribution >= 4 is 0 Å². The molecule has 0 aromatic carbocycles. The summed E-state index contributed by atoms with van der Waals surface area (Å²) in [4.78, 5) is 0. The maximum absolute atomic E-state index is 3.80. The van der Waals surface area contributed by atoms with E-state index in [2.05, 4.69) is 24.5 Å². The third-order valence-corrected chi connectivity index (χ3v) is 4.35. The lowest BCUT2D eigenvalue weighted by Gasteiger charge is -2.30. The van der Waals surface area contributed by atoms with Crippen LogP contribution in [-0.2, 0) is 0 Å². The van der Waals surface area contributed by atoms with Crippen molar-refractivity contribution in [3.63, 3.8) is 0 Å². The van der Waals surface area contributed by atoms with Crippen molar-refractivity contribution in [1.82, 2.24) is 10.6 Å². The Morgan fingerprint density at radius 1 is 1.31 bits per heavy atom. The molecule has 1 heterocycles. The molecule has 2 aliphatic rings. The molecule has 2 heteroatoms. The molecule has 1 aliphatic carbocycles. The zero-order chi connectivity index (χ0) is 11.4. The highest BCUT2D eigenvalue weighted by Gasteiger charge is 2.39. The second-order valence-corrected chi connectivity index (χ2v) is 5.83. The van der Waals surface area contributed by atoms with Crippen molar-refractivity contribution in [2.75, 3.05) is 13.1 Å². The lowest BCUT2D eigenvalue weighted by molar-refractivity contribution is 0.321. The first-order valence-electron chi connectivity index (χ1n) is 7.28. The monoisotopic (exact) mass is 224 g/mol. The minimum atomic E-state index is 0.439. The van der Waals surface area contributed by atoms with E-state index in [0.717, 1.165) is 12.0 Å². The van der Waals surface area contributed by atoms with Crippen molar-refractivity contribution < 1.29 is 0 Å². The number of nitrogens with one attached hydrogen (secondary N) is 2. The molecule has 0 spiro atoms. The molecule has 2 rings (SSSR count). The average Bonchev–Trinajstić information content (AvgIpc) is 2.85. The molecule has 3 unspecified atom stereocenters. The van der Waals surface area contributed by atoms with Crippen molar-refractivity contribution in [3.8, 4) is 0 Å². The molecule has 2 N–H and O–H groups in total. The predicted octanol–water partition coefficient (Wildman–Crippen LogP) is 2.69. The van der Waals surface area contributed by atoms with Crippen LogP contribution in [0, 0.1) is 5.92 Å². The Morgan fingerprint density at radius 3 is 2.81 bits per heavy atom. The fraction of sp³-hybridized carbons (Fsp3) is 1.00. The Hall–Kier alpha value is -0.0800. The highest BCUT2D eigenvalue weighted by molar-refractivity contribution is 4.99. The normalized spacial score (nSPS) is 37.9. The van der Waals surface area contributed by atoms with Gasteiger partial charge in [0.2, 0.25) is 0 Å². The molecule has 0 aromatic rings. The van der Waals surface area contributed by atoms with E-state index >= 15 is 0 Å². The Kier molecular flexibility index (Phi) is 4.26. The van der Waals surface area contributed by atoms with Crippen LogP contribution in [0.3, 0.4) is 0 Å². The fourth-order valence-corrected chi connectivity index (χ4v) is 3.31. The molecule has 0 radical (unpaired) electrons. The Bertz CT molecular complexity index is 209. The lowest BCUT2D eigenvalue weighted by atomic mass is 9.92. The Balaban J connectivity index is 1.71. The Labute approximate surface area is 101 Å². The summed E-state index contributed by atoms with van der Waals surface area (Å²) < 4.78 is 0. The maximum Gasteiger partial charge on any atom is 0.0306 e. The first-order chi connectivity index (χ1) is 7.79. The molecule has 1 aliphatic heterocycles. The van der Waals surface area contributed by atoms with Gasteiger partial charge < -0.3 is 10.6 Å². The van der Waals surface area contributed by atoms with Gasteiger partial charge in [0, 0.05) is 18.1 Å². The largest absolute Gasteiger partial charge is 0.312 e. The van der Waals surface area contributed by atoms with Crippen LogP contribution < -0.4 is 10.6 Å². The SMILES string of the molecule is CCCC1CC1NCC1(CCC)CCCN1. The van der Waals surface area contributed by atoms with Gasteiger partial charge in [0.1, 0.15) is 0 Å². The highest BCUT2D eigenvalue weighted by atomic mass is 15.1. The maximum atomic E-state index is 3.80. The van der Waals surface area contributed by atoms with Gasteiger partial charge in [-0.2, -0.15) is 0 Å². The van der Waals surface area contributed by atoms with E-state index in [1.54, 1.807) is 0 Å². The van der Waals surface area contributed by atoms with E-state index in [9.17, 15) is 0 Å². The van der Waals surface area contributed by atoms with Crippen LogP contribution in [0.2, 0.25) is 0 Å². The quantitative estimate of drug-likeness (QED) is 0.695. The highest BCUT2D eigenvalue weighted by Crippen LogP contribution is 2.35. The van der Waals surface area contributed by atoms with E-state index in [0.29, 0.717) is 5.54 Å². The van der Waals surface area contributed by atoms with Gasteiger partial charge in [-0.25, -0.2) is 0 Å². The van der Waals surface area contributed by atoms with Crippen LogP contribution in [-0.4, -0.2) is 24.7 Å². The third kappa shape index (κ3) is 2.98. The topological polar surface area (TPSA) is 24.1 Å². The third-order valence-electron chi connectivity index (χ3n) is 4.35. The summed E-state index contributed by atoms with van der Waals surface area (Å²) in [6.07, 6.45) is 9.58. The first kappa shape index (κ1) is 12.4. The second-order valence-electron chi connectivity index (χ2n) is 5.83. The molecular weight excluding hydrogens is 196 g/mol. The summed E-state index contributed by atoms with van der Waals surface area (Å²) in [7, 11) is 0. The molecular formula is C14H28N2. The zero-order valence-electron chi connectivity index (χ0n) is 11.0. The molecule has 3 atom stereocenters. The van der Waals surface area contributed by atoms with E-state index < -0.39 is 0 Å². The minimum Gasteiger partial charge on any atom is -0.312 e. The molecule has 2 fully saturated rings. The smallest absolute Gasteiger partial charge is 0.0306 e. The molecule has 16 heavy (non-hydrogen) atoms. The summed E-state index contributed by atoms with van der Waals surface area (Å²) in [6.45, 7) is 7.03. The summed E-state index contributed by atoms with van der Waals surface area (Å²) in [6, 6.07) is 0.844. The summed E-state index contributed by atoms with van der Waals surface area (Å²) in [5.74, 6) is 0.991. The molecule has 0 aromatic heterocycles. The van der Waals surface area contributed by atoms with Gasteiger partial charge in [-0.05, 0) is 44.6 Å². The van der Waals surface area contributed by atoms with Crippen LogP contribution >= 0.6 is 0 Å². The van der Waals surface area contributed by atoms with Crippen molar-refractivity contribution in [3.05, 3.63) is 0 Å². The van der Waals surface area contributed by atoms with E-state index in [-0.39, 0.29) is 0 Å². The summed E-state index contributed by atoms with van der Waals surface area (Å²) in [5.41, 5.74) is 0.439. The second kappa shape index (κ2) is 5.50. The lowest BCUT2D eigenvalue weighted by Crippen LogP contribution is -2.49. The van der Waals surface area contributed by atoms with Gasteiger partial charge in [0.15, 0.2) is 0 Å². The fourth-order valence-electron chi connectivity index (χ4n) is 3.31. The van der Waals surface area contributed by atoms with Crippen molar-refractivity contribution in [1.29, 1.82) is 0 Å². The van der Waals surface area contributed by atoms with Crippen molar-refractivity contribution in [2.45, 2.75) is 70.4 Å². The molecule has 2 nitrogen and oxygen atoms in total. The Morgan fingerprint density at radius 2 is 2.19 bits per heavy atom. The molecule has 0 amide bonds. The summed E-state index contributed by atoms with van der Waals surface area (Å²) in [5, 5.41) is 7.54. The molecule has 94 valence electrons. The van der Waals surface area contributed by atoms with Gasteiger partial charge in [0.25, 0.3) is 0 Å². The molecule has 1 saturated heterocycles. The van der Waals surface area contributed by atoms with E-state index in [4.69, 9.17) is 0 Å². The van der Waals surface area contributed by atoms with Gasteiger partial charge in [-0.15, -0.1) is 0 Å². The first-order valence-corrected chi connectivity index (χ1v) is 7.28. The molecule has 0 bridgehead atoms. The minimum absolute atomic E-state index is 0.439. The molecule has 1 saturated carbocycles. The van der Waals surface area contributed by atoms with Crippen LogP contribution in [0.4, 0.5) is 0 Å². The van der Waals surface area contributed by atoms with Gasteiger partial charge in [0.05, 0.1) is 0 Å². The van der Waals surface area contributed by atoms with Crippen LogP contribution in [0.15, 0.2) is 0 Å². The van der Waals surface area contributed by atoms with Gasteiger partial charge in [-0.3, -0.25) is 0 Å².